The number of hydrogen-bond donors (Lipinski definition) is 2. The number of halogens is 1. The second-order valence-corrected chi connectivity index (χ2v) is 6.86. The highest BCUT2D eigenvalue weighted by Crippen LogP contribution is 2.16. The van der Waals surface area contributed by atoms with Gasteiger partial charge in [-0.3, -0.25) is 0 Å². The Morgan fingerprint density at radius 1 is 1.61 bits per heavy atom. The zero-order chi connectivity index (χ0) is 13.8. The van der Waals surface area contributed by atoms with Gasteiger partial charge < -0.3 is 5.11 Å². The molecular formula is C10H15ClN2O3S2. The highest BCUT2D eigenvalue weighted by molar-refractivity contribution is 7.99. The number of hydrogen-bond acceptors (Lipinski definition) is 5. The summed E-state index contributed by atoms with van der Waals surface area (Å²) in [4.78, 5) is 3.79. The maximum absolute atomic E-state index is 12.0. The predicted molar refractivity (Wildman–Crippen MR) is 73.4 cm³/mol. The molecule has 2 unspecified atom stereocenters. The molecule has 0 amide bonds. The van der Waals surface area contributed by atoms with Gasteiger partial charge in [-0.05, 0) is 25.3 Å². The van der Waals surface area contributed by atoms with Crippen LogP contribution in [0.4, 0.5) is 0 Å². The van der Waals surface area contributed by atoms with Crippen LogP contribution in [0.15, 0.2) is 23.2 Å². The van der Waals surface area contributed by atoms with Crippen molar-refractivity contribution in [3.05, 3.63) is 23.5 Å². The fourth-order valence-corrected chi connectivity index (χ4v) is 3.62. The largest absolute Gasteiger partial charge is 0.395 e. The van der Waals surface area contributed by atoms with E-state index in [2.05, 4.69) is 9.71 Å². The van der Waals surface area contributed by atoms with Crippen molar-refractivity contribution < 1.29 is 13.5 Å². The van der Waals surface area contributed by atoms with Gasteiger partial charge in [0.05, 0.1) is 11.5 Å². The van der Waals surface area contributed by atoms with Crippen molar-refractivity contribution in [2.45, 2.75) is 23.1 Å². The van der Waals surface area contributed by atoms with E-state index in [0.717, 1.165) is 0 Å². The first-order chi connectivity index (χ1) is 8.40. The van der Waals surface area contributed by atoms with E-state index in [0.29, 0.717) is 0 Å². The molecule has 1 heterocycles. The summed E-state index contributed by atoms with van der Waals surface area (Å²) in [5, 5.41) is 9.04. The van der Waals surface area contributed by atoms with Crippen molar-refractivity contribution in [3.63, 3.8) is 0 Å². The average Bonchev–Trinajstić information content (AvgIpc) is 2.30. The first kappa shape index (κ1) is 15.7. The number of thioether (sulfide) groups is 1. The third-order valence-corrected chi connectivity index (χ3v) is 5.32. The van der Waals surface area contributed by atoms with E-state index in [1.807, 2.05) is 6.26 Å². The Hall–Kier alpha value is -0.340. The van der Waals surface area contributed by atoms with E-state index in [9.17, 15) is 8.42 Å². The van der Waals surface area contributed by atoms with Crippen LogP contribution in [0, 0.1) is 0 Å². The predicted octanol–water partition coefficient (Wildman–Crippen LogP) is 1.13. The van der Waals surface area contributed by atoms with Crippen molar-refractivity contribution >= 4 is 33.4 Å². The van der Waals surface area contributed by atoms with E-state index < -0.39 is 10.0 Å². The molecule has 18 heavy (non-hydrogen) atoms. The molecule has 0 saturated carbocycles. The van der Waals surface area contributed by atoms with Gasteiger partial charge in [0.15, 0.2) is 0 Å². The Morgan fingerprint density at radius 2 is 2.28 bits per heavy atom. The quantitative estimate of drug-likeness (QED) is 0.770. The number of nitrogens with zero attached hydrogens (tertiary/aromatic N) is 1. The summed E-state index contributed by atoms with van der Waals surface area (Å²) in [5.74, 6) is 0. The zero-order valence-corrected chi connectivity index (χ0v) is 12.4. The van der Waals surface area contributed by atoms with Crippen LogP contribution in [0.1, 0.15) is 6.92 Å². The fraction of sp³-hybridized carbons (Fsp3) is 0.500. The normalized spacial score (nSPS) is 15.3. The van der Waals surface area contributed by atoms with Crippen LogP contribution in [-0.2, 0) is 10.0 Å². The lowest BCUT2D eigenvalue weighted by Gasteiger charge is -2.21. The lowest BCUT2D eigenvalue weighted by Crippen LogP contribution is -2.41. The number of rotatable bonds is 6. The molecule has 0 aliphatic rings. The average molecular weight is 311 g/mol. The summed E-state index contributed by atoms with van der Waals surface area (Å²) in [5.41, 5.74) is 0. The molecule has 8 heteroatoms. The molecule has 102 valence electrons. The smallest absolute Gasteiger partial charge is 0.241 e. The summed E-state index contributed by atoms with van der Waals surface area (Å²) in [6.07, 6.45) is 3.15. The Labute approximate surface area is 116 Å². The molecule has 0 aromatic carbocycles. The van der Waals surface area contributed by atoms with Gasteiger partial charge in [-0.1, -0.05) is 11.6 Å². The molecule has 1 rings (SSSR count). The molecule has 5 nitrogen and oxygen atoms in total. The molecule has 0 spiro atoms. The zero-order valence-electron chi connectivity index (χ0n) is 10.00. The first-order valence-electron chi connectivity index (χ1n) is 5.18. The van der Waals surface area contributed by atoms with E-state index >= 15 is 0 Å². The Bertz CT molecular complexity index is 492. The molecule has 2 atom stereocenters. The van der Waals surface area contributed by atoms with Gasteiger partial charge in [-0.25, -0.2) is 18.1 Å². The molecule has 1 aromatic heterocycles. The van der Waals surface area contributed by atoms with Crippen LogP contribution in [0.3, 0.4) is 0 Å². The molecule has 2 N–H and O–H groups in total. The minimum absolute atomic E-state index is 0.0622. The standard InChI is InChI=1S/C10H15ClN2O3S2/c1-7(9(6-14)17-2)13-18(15,16)8-3-4-12-10(11)5-8/h3-5,7,9,13-14H,6H2,1-2H3. The van der Waals surface area contributed by atoms with Crippen molar-refractivity contribution in [3.8, 4) is 0 Å². The summed E-state index contributed by atoms with van der Waals surface area (Å²) in [6, 6.07) is 2.26. The number of nitrogens with one attached hydrogen (secondary N) is 1. The third-order valence-electron chi connectivity index (χ3n) is 2.39. The molecule has 0 fully saturated rings. The van der Waals surface area contributed by atoms with Gasteiger partial charge in [0.1, 0.15) is 5.15 Å². The molecule has 0 aliphatic heterocycles. The van der Waals surface area contributed by atoms with Gasteiger partial charge in [-0.2, -0.15) is 11.8 Å². The topological polar surface area (TPSA) is 79.3 Å². The highest BCUT2D eigenvalue weighted by Gasteiger charge is 2.23. The summed E-state index contributed by atoms with van der Waals surface area (Å²) in [7, 11) is -3.65. The minimum atomic E-state index is -3.65. The van der Waals surface area contributed by atoms with Gasteiger partial charge in [0, 0.05) is 17.5 Å². The lowest BCUT2D eigenvalue weighted by molar-refractivity contribution is 0.282. The van der Waals surface area contributed by atoms with Gasteiger partial charge in [0.2, 0.25) is 10.0 Å². The summed E-state index contributed by atoms with van der Waals surface area (Å²) < 4.78 is 26.6. The summed E-state index contributed by atoms with van der Waals surface area (Å²) >= 11 is 7.06. The minimum Gasteiger partial charge on any atom is -0.395 e. The van der Waals surface area contributed by atoms with E-state index in [4.69, 9.17) is 16.7 Å². The Balaban J connectivity index is 2.89. The number of aliphatic hydroxyl groups is 1. The van der Waals surface area contributed by atoms with Gasteiger partial charge >= 0.3 is 0 Å². The van der Waals surface area contributed by atoms with Crippen molar-refractivity contribution in [2.24, 2.45) is 0 Å². The van der Waals surface area contributed by atoms with E-state index in [1.54, 1.807) is 6.92 Å². The van der Waals surface area contributed by atoms with Crippen LogP contribution < -0.4 is 4.72 Å². The maximum atomic E-state index is 12.0. The van der Waals surface area contributed by atoms with E-state index in [-0.39, 0.29) is 27.9 Å². The van der Waals surface area contributed by atoms with Crippen LogP contribution in [0.5, 0.6) is 0 Å². The van der Waals surface area contributed by atoms with Crippen LogP contribution >= 0.6 is 23.4 Å². The Kier molecular flexibility index (Phi) is 5.87. The highest BCUT2D eigenvalue weighted by atomic mass is 35.5. The van der Waals surface area contributed by atoms with Crippen molar-refractivity contribution in [1.82, 2.24) is 9.71 Å². The summed E-state index contributed by atoms with van der Waals surface area (Å²) in [6.45, 7) is 1.61. The van der Waals surface area contributed by atoms with E-state index in [1.165, 1.54) is 30.1 Å². The second kappa shape index (κ2) is 6.72. The Morgan fingerprint density at radius 3 is 2.78 bits per heavy atom. The number of aliphatic hydroxyl groups excluding tert-OH is 1. The van der Waals surface area contributed by atoms with Crippen LogP contribution in [-0.4, -0.2) is 42.7 Å². The van der Waals surface area contributed by atoms with Crippen LogP contribution in [0.2, 0.25) is 5.15 Å². The number of aromatic nitrogens is 1. The lowest BCUT2D eigenvalue weighted by atomic mass is 10.3. The molecular weight excluding hydrogens is 296 g/mol. The van der Waals surface area contributed by atoms with Crippen molar-refractivity contribution in [2.75, 3.05) is 12.9 Å². The van der Waals surface area contributed by atoms with Crippen LogP contribution in [0.25, 0.3) is 0 Å². The third kappa shape index (κ3) is 4.10. The van der Waals surface area contributed by atoms with Gasteiger partial charge in [0.25, 0.3) is 0 Å². The maximum Gasteiger partial charge on any atom is 0.241 e. The van der Waals surface area contributed by atoms with Crippen molar-refractivity contribution in [1.29, 1.82) is 0 Å². The molecule has 1 aromatic rings. The molecule has 0 saturated heterocycles. The molecule has 0 aliphatic carbocycles. The van der Waals surface area contributed by atoms with Gasteiger partial charge in [-0.15, -0.1) is 0 Å². The molecule has 0 radical (unpaired) electrons. The number of sulfonamides is 1. The monoisotopic (exact) mass is 310 g/mol. The fourth-order valence-electron chi connectivity index (χ4n) is 1.38. The second-order valence-electron chi connectivity index (χ2n) is 3.68. The number of pyridine rings is 1. The first-order valence-corrected chi connectivity index (χ1v) is 8.33. The SMILES string of the molecule is CSC(CO)C(C)NS(=O)(=O)c1ccnc(Cl)c1. The molecule has 0 bridgehead atoms.